The maximum atomic E-state index is 11.8. The summed E-state index contributed by atoms with van der Waals surface area (Å²) in [4.78, 5) is 22.6. The molecule has 5 nitrogen and oxygen atoms in total. The number of aliphatic hydroxyl groups excluding tert-OH is 1. The second-order valence-corrected chi connectivity index (χ2v) is 4.85. The molecule has 1 rings (SSSR count). The van der Waals surface area contributed by atoms with E-state index in [1.165, 1.54) is 6.92 Å². The van der Waals surface area contributed by atoms with Gasteiger partial charge in [-0.05, 0) is 37.5 Å². The first-order valence-corrected chi connectivity index (χ1v) is 6.78. The van der Waals surface area contributed by atoms with Crippen LogP contribution in [0.2, 0.25) is 0 Å². The first-order valence-electron chi connectivity index (χ1n) is 6.78. The van der Waals surface area contributed by atoms with Gasteiger partial charge in [0, 0.05) is 25.6 Å². The van der Waals surface area contributed by atoms with E-state index in [9.17, 15) is 9.59 Å². The molecular weight excluding hydrogens is 256 g/mol. The number of benzene rings is 1. The van der Waals surface area contributed by atoms with Crippen molar-refractivity contribution in [2.24, 2.45) is 0 Å². The Hall–Kier alpha value is -1.88. The van der Waals surface area contributed by atoms with Gasteiger partial charge in [-0.15, -0.1) is 0 Å². The van der Waals surface area contributed by atoms with E-state index >= 15 is 0 Å². The molecule has 0 bridgehead atoms. The number of hydrogen-bond acceptors (Lipinski definition) is 3. The number of hydrogen-bond donors (Lipinski definition) is 3. The third-order valence-electron chi connectivity index (χ3n) is 2.84. The summed E-state index contributed by atoms with van der Waals surface area (Å²) in [6.07, 6.45) is 1.10. The van der Waals surface area contributed by atoms with Crippen LogP contribution in [-0.4, -0.2) is 29.6 Å². The molecule has 1 unspecified atom stereocenters. The molecule has 1 aromatic rings. The van der Waals surface area contributed by atoms with Crippen LogP contribution in [-0.2, 0) is 11.3 Å². The molecule has 3 N–H and O–H groups in total. The van der Waals surface area contributed by atoms with E-state index in [0.29, 0.717) is 25.1 Å². The van der Waals surface area contributed by atoms with Gasteiger partial charge in [0.1, 0.15) is 0 Å². The molecule has 0 fully saturated rings. The minimum absolute atomic E-state index is 0.0788. The number of rotatable bonds is 7. The average Bonchev–Trinajstić information content (AvgIpc) is 2.41. The molecular formula is C15H22N2O3. The van der Waals surface area contributed by atoms with Crippen LogP contribution in [0, 0.1) is 0 Å². The second kappa shape index (κ2) is 8.32. The Balaban J connectivity index is 2.39. The highest BCUT2D eigenvalue weighted by Gasteiger charge is 2.05. The van der Waals surface area contributed by atoms with Crippen molar-refractivity contribution >= 4 is 11.8 Å². The molecule has 0 aromatic heterocycles. The lowest BCUT2D eigenvalue weighted by atomic mass is 10.1. The van der Waals surface area contributed by atoms with Crippen LogP contribution >= 0.6 is 0 Å². The smallest absolute Gasteiger partial charge is 0.251 e. The predicted octanol–water partition coefficient (Wildman–Crippen LogP) is 1.21. The van der Waals surface area contributed by atoms with Gasteiger partial charge in [-0.25, -0.2) is 0 Å². The van der Waals surface area contributed by atoms with Crippen LogP contribution in [0.25, 0.3) is 0 Å². The van der Waals surface area contributed by atoms with Crippen molar-refractivity contribution in [3.05, 3.63) is 35.4 Å². The fourth-order valence-electron chi connectivity index (χ4n) is 1.70. The van der Waals surface area contributed by atoms with Crippen LogP contribution in [0.4, 0.5) is 0 Å². The highest BCUT2D eigenvalue weighted by Crippen LogP contribution is 2.04. The maximum absolute atomic E-state index is 11.8. The number of carbonyl (C=O) groups excluding carboxylic acids is 2. The number of aliphatic hydroxyl groups is 1. The van der Waals surface area contributed by atoms with E-state index in [2.05, 4.69) is 10.6 Å². The maximum Gasteiger partial charge on any atom is 0.251 e. The molecule has 0 aliphatic carbocycles. The Morgan fingerprint density at radius 3 is 2.40 bits per heavy atom. The highest BCUT2D eigenvalue weighted by atomic mass is 16.3. The van der Waals surface area contributed by atoms with E-state index in [0.717, 1.165) is 12.0 Å². The molecule has 5 heteroatoms. The Kier molecular flexibility index (Phi) is 6.73. The van der Waals surface area contributed by atoms with Gasteiger partial charge in [0.2, 0.25) is 5.91 Å². The molecule has 2 amide bonds. The van der Waals surface area contributed by atoms with Crippen LogP contribution in [0.1, 0.15) is 42.6 Å². The van der Waals surface area contributed by atoms with Crippen molar-refractivity contribution < 1.29 is 14.7 Å². The van der Waals surface area contributed by atoms with E-state index in [4.69, 9.17) is 5.11 Å². The van der Waals surface area contributed by atoms with E-state index in [1.807, 2.05) is 12.1 Å². The summed E-state index contributed by atoms with van der Waals surface area (Å²) >= 11 is 0. The monoisotopic (exact) mass is 278 g/mol. The zero-order valence-electron chi connectivity index (χ0n) is 12.0. The van der Waals surface area contributed by atoms with Gasteiger partial charge < -0.3 is 15.7 Å². The van der Waals surface area contributed by atoms with Crippen molar-refractivity contribution in [2.45, 2.75) is 39.3 Å². The summed E-state index contributed by atoms with van der Waals surface area (Å²) in [5.41, 5.74) is 1.54. The van der Waals surface area contributed by atoms with Crippen molar-refractivity contribution in [3.63, 3.8) is 0 Å². The van der Waals surface area contributed by atoms with E-state index in [-0.39, 0.29) is 17.9 Å². The van der Waals surface area contributed by atoms with Crippen LogP contribution in [0.15, 0.2) is 24.3 Å². The molecule has 0 aliphatic heterocycles. The van der Waals surface area contributed by atoms with Gasteiger partial charge in [0.15, 0.2) is 0 Å². The van der Waals surface area contributed by atoms with Crippen molar-refractivity contribution in [2.75, 3.05) is 6.54 Å². The molecule has 0 aliphatic rings. The summed E-state index contributed by atoms with van der Waals surface area (Å²) < 4.78 is 0. The van der Waals surface area contributed by atoms with Gasteiger partial charge in [0.05, 0.1) is 6.10 Å². The fraction of sp³-hybridized carbons (Fsp3) is 0.467. The van der Waals surface area contributed by atoms with Gasteiger partial charge >= 0.3 is 0 Å². The predicted molar refractivity (Wildman–Crippen MR) is 77.2 cm³/mol. The molecule has 0 heterocycles. The van der Waals surface area contributed by atoms with Crippen molar-refractivity contribution in [1.29, 1.82) is 0 Å². The summed E-state index contributed by atoms with van der Waals surface area (Å²) in [5.74, 6) is -0.202. The molecule has 1 aromatic carbocycles. The number of carbonyl (C=O) groups is 2. The summed E-state index contributed by atoms with van der Waals surface area (Å²) in [6.45, 7) is 4.22. The molecule has 110 valence electrons. The third-order valence-corrected chi connectivity index (χ3v) is 2.84. The van der Waals surface area contributed by atoms with Gasteiger partial charge in [0.25, 0.3) is 5.91 Å². The zero-order valence-corrected chi connectivity index (χ0v) is 12.0. The molecule has 1 atom stereocenters. The lowest BCUT2D eigenvalue weighted by Crippen LogP contribution is -2.25. The number of nitrogens with one attached hydrogen (secondary N) is 2. The fourth-order valence-corrected chi connectivity index (χ4v) is 1.70. The molecule has 0 saturated heterocycles. The molecule has 0 spiro atoms. The van der Waals surface area contributed by atoms with Crippen LogP contribution in [0.3, 0.4) is 0 Å². The topological polar surface area (TPSA) is 78.4 Å². The Morgan fingerprint density at radius 1 is 1.20 bits per heavy atom. The summed E-state index contributed by atoms with van der Waals surface area (Å²) in [7, 11) is 0. The Bertz CT molecular complexity index is 441. The molecule has 20 heavy (non-hydrogen) atoms. The van der Waals surface area contributed by atoms with Gasteiger partial charge in [-0.1, -0.05) is 12.1 Å². The first kappa shape index (κ1) is 16.2. The van der Waals surface area contributed by atoms with Crippen molar-refractivity contribution in [1.82, 2.24) is 10.6 Å². The van der Waals surface area contributed by atoms with Gasteiger partial charge in [-0.3, -0.25) is 9.59 Å². The van der Waals surface area contributed by atoms with E-state index < -0.39 is 0 Å². The summed E-state index contributed by atoms with van der Waals surface area (Å²) in [5, 5.41) is 14.6. The quantitative estimate of drug-likeness (QED) is 0.656. The van der Waals surface area contributed by atoms with E-state index in [1.54, 1.807) is 19.1 Å². The lowest BCUT2D eigenvalue weighted by Gasteiger charge is -2.07. The van der Waals surface area contributed by atoms with Crippen molar-refractivity contribution in [3.8, 4) is 0 Å². The van der Waals surface area contributed by atoms with Crippen LogP contribution < -0.4 is 10.6 Å². The Labute approximate surface area is 119 Å². The summed E-state index contributed by atoms with van der Waals surface area (Å²) in [6, 6.07) is 7.11. The largest absolute Gasteiger partial charge is 0.393 e. The average molecular weight is 278 g/mol. The SMILES string of the molecule is CC(=O)NCc1ccc(C(=O)NCCCC(C)O)cc1. The minimum atomic E-state index is -0.333. The second-order valence-electron chi connectivity index (χ2n) is 4.85. The highest BCUT2D eigenvalue weighted by molar-refractivity contribution is 5.94. The third kappa shape index (κ3) is 6.33. The van der Waals surface area contributed by atoms with Crippen LogP contribution in [0.5, 0.6) is 0 Å². The standard InChI is InChI=1S/C15H22N2O3/c1-11(18)4-3-9-16-15(20)14-7-5-13(6-8-14)10-17-12(2)19/h5-8,11,18H,3-4,9-10H2,1-2H3,(H,16,20)(H,17,19). The first-order chi connectivity index (χ1) is 9.49. The minimum Gasteiger partial charge on any atom is -0.393 e. The molecule has 0 radical (unpaired) electrons. The normalized spacial score (nSPS) is 11.8. The zero-order chi connectivity index (χ0) is 15.0. The lowest BCUT2D eigenvalue weighted by molar-refractivity contribution is -0.119. The molecule has 0 saturated carbocycles. The Morgan fingerprint density at radius 2 is 1.85 bits per heavy atom. The number of amides is 2. The van der Waals surface area contributed by atoms with Gasteiger partial charge in [-0.2, -0.15) is 0 Å².